The molecule has 0 bridgehead atoms. The first-order chi connectivity index (χ1) is 3.79. The predicted octanol–water partition coefficient (Wildman–Crippen LogP) is 0.417. The molecule has 0 atom stereocenters. The normalized spacial score (nSPS) is 19.5. The zero-order valence-corrected chi connectivity index (χ0v) is 4.68. The van der Waals surface area contributed by atoms with Gasteiger partial charge in [0, 0.05) is 6.04 Å². The number of hydrogen-bond acceptors (Lipinski definition) is 1. The molecule has 1 aliphatic rings. The zero-order chi connectivity index (χ0) is 5.98. The lowest BCUT2D eigenvalue weighted by molar-refractivity contribution is 0.248. The number of hydrogen-bond donors (Lipinski definition) is 1. The van der Waals surface area contributed by atoms with Crippen molar-refractivity contribution in [2.24, 2.45) is 0 Å². The molecule has 0 aromatic rings. The maximum absolute atomic E-state index is 10.1. The van der Waals surface area contributed by atoms with E-state index in [1.54, 1.807) is 0 Å². The van der Waals surface area contributed by atoms with Crippen LogP contribution >= 0.6 is 0 Å². The van der Waals surface area contributed by atoms with Crippen LogP contribution in [-0.4, -0.2) is 19.7 Å². The number of carbonyl (C=O) groups is 1. The summed E-state index contributed by atoms with van der Waals surface area (Å²) >= 11 is 0. The van der Waals surface area contributed by atoms with Crippen molar-refractivity contribution < 1.29 is 4.79 Å². The largest absolute Gasteiger partial charge is 0.363 e. The maximum atomic E-state index is 10.1. The highest BCUT2D eigenvalue weighted by Crippen LogP contribution is 2.17. The topological polar surface area (TPSA) is 29.1 Å². The second kappa shape index (κ2) is 2.20. The van der Waals surface area contributed by atoms with Gasteiger partial charge in [-0.2, -0.15) is 0 Å². The van der Waals surface area contributed by atoms with Crippen molar-refractivity contribution in [3.63, 3.8) is 0 Å². The van der Waals surface area contributed by atoms with Crippen molar-refractivity contribution in [2.45, 2.75) is 25.3 Å². The molecule has 0 saturated heterocycles. The molecule has 0 heterocycles. The molecule has 2 nitrogen and oxygen atoms in total. The molecular weight excluding hydrogens is 101 g/mol. The number of rotatable bonds is 1. The van der Waals surface area contributed by atoms with Crippen molar-refractivity contribution in [2.75, 3.05) is 0 Å². The molecule has 1 rings (SSSR count). The summed E-state index contributed by atoms with van der Waals surface area (Å²) in [7, 11) is 4.85. The first-order valence-electron chi connectivity index (χ1n) is 2.85. The van der Waals surface area contributed by atoms with Crippen LogP contribution in [0, 0.1) is 0 Å². The van der Waals surface area contributed by atoms with Gasteiger partial charge in [0.2, 0.25) is 7.85 Å². The Kier molecular flexibility index (Phi) is 1.56. The quantitative estimate of drug-likeness (QED) is 0.485. The second-order valence-corrected chi connectivity index (χ2v) is 2.14. The van der Waals surface area contributed by atoms with Crippen LogP contribution in [0.2, 0.25) is 0 Å². The van der Waals surface area contributed by atoms with Crippen LogP contribution in [0.3, 0.4) is 0 Å². The minimum Gasteiger partial charge on any atom is -0.363 e. The van der Waals surface area contributed by atoms with Gasteiger partial charge in [0.05, 0.1) is 0 Å². The lowest BCUT2D eigenvalue weighted by atomic mass is 9.92. The van der Waals surface area contributed by atoms with Crippen molar-refractivity contribution in [3.05, 3.63) is 0 Å². The molecule has 1 amide bonds. The third kappa shape index (κ3) is 1.25. The van der Waals surface area contributed by atoms with Crippen LogP contribution in [0.4, 0.5) is 4.79 Å². The van der Waals surface area contributed by atoms with E-state index in [2.05, 4.69) is 5.32 Å². The summed E-state index contributed by atoms with van der Waals surface area (Å²) in [6, 6.07) is 0.382. The van der Waals surface area contributed by atoms with E-state index < -0.39 is 5.81 Å². The highest BCUT2D eigenvalue weighted by molar-refractivity contribution is 6.57. The average molecular weight is 109 g/mol. The Morgan fingerprint density at radius 1 is 1.62 bits per heavy atom. The van der Waals surface area contributed by atoms with Crippen molar-refractivity contribution in [1.29, 1.82) is 0 Å². The molecule has 2 radical (unpaired) electrons. The van der Waals surface area contributed by atoms with Crippen molar-refractivity contribution >= 4 is 13.7 Å². The highest BCUT2D eigenvalue weighted by Gasteiger charge is 2.16. The molecule has 1 N–H and O–H groups in total. The molecule has 8 heavy (non-hydrogen) atoms. The summed E-state index contributed by atoms with van der Waals surface area (Å²) in [5.74, 6) is -0.394. The summed E-state index contributed by atoms with van der Waals surface area (Å²) < 4.78 is 0. The van der Waals surface area contributed by atoms with E-state index >= 15 is 0 Å². The SMILES string of the molecule is [B]C(=O)NC1CCC1. The monoisotopic (exact) mass is 109 g/mol. The van der Waals surface area contributed by atoms with E-state index in [0.29, 0.717) is 6.04 Å². The second-order valence-electron chi connectivity index (χ2n) is 2.14. The fraction of sp³-hybridized carbons (Fsp3) is 0.800. The standard InChI is InChI=1S/C5H8BNO/c6-5(8)7-4-2-1-3-4/h4H,1-3H2,(H,7,8). The first-order valence-corrected chi connectivity index (χ1v) is 2.85. The summed E-state index contributed by atoms with van der Waals surface area (Å²) in [6.07, 6.45) is 3.43. The van der Waals surface area contributed by atoms with E-state index in [9.17, 15) is 4.79 Å². The van der Waals surface area contributed by atoms with Crippen LogP contribution in [0.1, 0.15) is 19.3 Å². The van der Waals surface area contributed by atoms with Crippen LogP contribution in [-0.2, 0) is 0 Å². The van der Waals surface area contributed by atoms with Gasteiger partial charge in [-0.3, -0.25) is 4.79 Å². The average Bonchev–Trinajstić information content (AvgIpc) is 1.55. The molecule has 0 aromatic carbocycles. The van der Waals surface area contributed by atoms with E-state index in [0.717, 1.165) is 12.8 Å². The molecule has 0 unspecified atom stereocenters. The van der Waals surface area contributed by atoms with Gasteiger partial charge in [-0.15, -0.1) is 0 Å². The van der Waals surface area contributed by atoms with Gasteiger partial charge in [-0.05, 0) is 19.3 Å². The van der Waals surface area contributed by atoms with Crippen LogP contribution in [0.25, 0.3) is 0 Å². The smallest absolute Gasteiger partial charge is 0.200 e. The van der Waals surface area contributed by atoms with Gasteiger partial charge in [0.1, 0.15) is 0 Å². The molecule has 0 aliphatic heterocycles. The molecule has 1 aliphatic carbocycles. The Bertz CT molecular complexity index is 101. The third-order valence-electron chi connectivity index (χ3n) is 1.45. The Morgan fingerprint density at radius 2 is 2.25 bits per heavy atom. The van der Waals surface area contributed by atoms with Crippen LogP contribution in [0.15, 0.2) is 0 Å². The van der Waals surface area contributed by atoms with Crippen molar-refractivity contribution in [1.82, 2.24) is 5.32 Å². The Labute approximate surface area is 50.1 Å². The summed E-state index contributed by atoms with van der Waals surface area (Å²) in [4.78, 5) is 10.1. The minimum atomic E-state index is -0.394. The third-order valence-corrected chi connectivity index (χ3v) is 1.45. The van der Waals surface area contributed by atoms with Gasteiger partial charge in [-0.1, -0.05) is 0 Å². The van der Waals surface area contributed by atoms with E-state index in [4.69, 9.17) is 7.85 Å². The fourth-order valence-corrected chi connectivity index (χ4v) is 0.754. The van der Waals surface area contributed by atoms with Crippen LogP contribution < -0.4 is 5.32 Å². The van der Waals surface area contributed by atoms with Gasteiger partial charge in [-0.25, -0.2) is 0 Å². The molecule has 0 spiro atoms. The van der Waals surface area contributed by atoms with E-state index in [1.807, 2.05) is 0 Å². The fourth-order valence-electron chi connectivity index (χ4n) is 0.754. The summed E-state index contributed by atoms with van der Waals surface area (Å²) in [5, 5.41) is 2.62. The maximum Gasteiger partial charge on any atom is 0.200 e. The number of carbonyl (C=O) groups excluding carboxylic acids is 1. The molecule has 1 fully saturated rings. The van der Waals surface area contributed by atoms with Gasteiger partial charge >= 0.3 is 0 Å². The minimum absolute atomic E-state index is 0.382. The number of amides is 1. The van der Waals surface area contributed by atoms with Gasteiger partial charge in [0.15, 0.2) is 5.81 Å². The predicted molar refractivity (Wildman–Crippen MR) is 31.9 cm³/mol. The highest BCUT2D eigenvalue weighted by atomic mass is 16.1. The number of nitrogens with one attached hydrogen (secondary N) is 1. The zero-order valence-electron chi connectivity index (χ0n) is 4.68. The summed E-state index contributed by atoms with van der Waals surface area (Å²) in [6.45, 7) is 0. The Hall–Kier alpha value is -0.465. The van der Waals surface area contributed by atoms with Crippen molar-refractivity contribution in [3.8, 4) is 0 Å². The lowest BCUT2D eigenvalue weighted by Crippen LogP contribution is -2.38. The molecule has 3 heteroatoms. The molecule has 1 saturated carbocycles. The summed E-state index contributed by atoms with van der Waals surface area (Å²) in [5.41, 5.74) is 0. The molecule has 42 valence electrons. The Morgan fingerprint density at radius 3 is 2.38 bits per heavy atom. The molecular formula is C5H8BNO. The van der Waals surface area contributed by atoms with Gasteiger partial charge in [0.25, 0.3) is 0 Å². The van der Waals surface area contributed by atoms with Gasteiger partial charge < -0.3 is 5.32 Å². The molecule has 0 aromatic heterocycles. The Balaban J connectivity index is 2.09. The lowest BCUT2D eigenvalue weighted by Gasteiger charge is -2.25. The van der Waals surface area contributed by atoms with E-state index in [1.165, 1.54) is 6.42 Å². The van der Waals surface area contributed by atoms with Crippen LogP contribution in [0.5, 0.6) is 0 Å². The van der Waals surface area contributed by atoms with E-state index in [-0.39, 0.29) is 0 Å². The first kappa shape index (κ1) is 5.67.